The Morgan fingerprint density at radius 3 is 2.65 bits per heavy atom. The van der Waals surface area contributed by atoms with E-state index >= 15 is 0 Å². The molecule has 0 atom stereocenters. The molecule has 2 aromatic carbocycles. The quantitative estimate of drug-likeness (QED) is 0.719. The predicted molar refractivity (Wildman–Crippen MR) is 86.3 cm³/mol. The molecule has 0 unspecified atom stereocenters. The minimum absolute atomic E-state index is 0.0225. The molecule has 1 heterocycles. The highest BCUT2D eigenvalue weighted by Crippen LogP contribution is 2.28. The fourth-order valence-electron chi connectivity index (χ4n) is 1.89. The molecule has 1 aromatic heterocycles. The van der Waals surface area contributed by atoms with Gasteiger partial charge < -0.3 is 9.73 Å². The van der Waals surface area contributed by atoms with Crippen LogP contribution in [0, 0.1) is 5.82 Å². The first kappa shape index (κ1) is 15.5. The van der Waals surface area contributed by atoms with Crippen LogP contribution in [0.5, 0.6) is 0 Å². The van der Waals surface area contributed by atoms with Crippen molar-refractivity contribution in [3.63, 3.8) is 0 Å². The van der Waals surface area contributed by atoms with E-state index in [0.29, 0.717) is 15.6 Å². The van der Waals surface area contributed by atoms with Crippen molar-refractivity contribution in [1.29, 1.82) is 0 Å². The summed E-state index contributed by atoms with van der Waals surface area (Å²) in [5.41, 5.74) is 0.662. The molecule has 0 fully saturated rings. The number of nitrogens with zero attached hydrogens (tertiary/aromatic N) is 1. The summed E-state index contributed by atoms with van der Waals surface area (Å²) in [7, 11) is 0. The average molecular weight is 351 g/mol. The molecule has 0 aliphatic carbocycles. The van der Waals surface area contributed by atoms with E-state index in [-0.39, 0.29) is 17.3 Å². The van der Waals surface area contributed by atoms with E-state index in [1.807, 2.05) is 0 Å². The van der Waals surface area contributed by atoms with Crippen LogP contribution >= 0.6 is 23.2 Å². The van der Waals surface area contributed by atoms with E-state index in [4.69, 9.17) is 27.6 Å². The van der Waals surface area contributed by atoms with Crippen molar-refractivity contribution in [2.45, 2.75) is 0 Å². The van der Waals surface area contributed by atoms with Gasteiger partial charge in [-0.2, -0.15) is 0 Å². The van der Waals surface area contributed by atoms with Gasteiger partial charge in [-0.15, -0.1) is 0 Å². The van der Waals surface area contributed by atoms with Crippen LogP contribution in [0.2, 0.25) is 10.0 Å². The Labute approximate surface area is 140 Å². The second-order valence-corrected chi connectivity index (χ2v) is 5.42. The number of nitrogens with one attached hydrogen (secondary N) is 1. The number of hydrogen-bond acceptors (Lipinski definition) is 3. The summed E-state index contributed by atoms with van der Waals surface area (Å²) < 4.78 is 18.8. The minimum Gasteiger partial charge on any atom is -0.444 e. The molecular weight excluding hydrogens is 342 g/mol. The summed E-state index contributed by atoms with van der Waals surface area (Å²) in [5, 5.41) is 3.18. The van der Waals surface area contributed by atoms with E-state index in [0.717, 1.165) is 0 Å². The van der Waals surface area contributed by atoms with Crippen LogP contribution in [0.3, 0.4) is 0 Å². The third kappa shape index (κ3) is 3.36. The summed E-state index contributed by atoms with van der Waals surface area (Å²) in [4.78, 5) is 16.2. The summed E-state index contributed by atoms with van der Waals surface area (Å²) in [5.74, 6) is -0.901. The summed E-state index contributed by atoms with van der Waals surface area (Å²) in [6.07, 6.45) is 1.19. The predicted octanol–water partition coefficient (Wildman–Crippen LogP) is 5.04. The largest absolute Gasteiger partial charge is 0.444 e. The minimum atomic E-state index is -0.579. The third-order valence-electron chi connectivity index (χ3n) is 3.03. The molecule has 0 aliphatic rings. The van der Waals surface area contributed by atoms with Crippen molar-refractivity contribution in [3.05, 3.63) is 70.3 Å². The van der Waals surface area contributed by atoms with Crippen LogP contribution in [-0.4, -0.2) is 10.9 Å². The second-order valence-electron chi connectivity index (χ2n) is 4.60. The number of carbonyl (C=O) groups excluding carboxylic acids is 1. The van der Waals surface area contributed by atoms with Crippen LogP contribution in [0.25, 0.3) is 11.5 Å². The maximum Gasteiger partial charge on any atom is 0.277 e. The van der Waals surface area contributed by atoms with Gasteiger partial charge in [-0.05, 0) is 30.3 Å². The van der Waals surface area contributed by atoms with Crippen LogP contribution < -0.4 is 5.32 Å². The first-order valence-electron chi connectivity index (χ1n) is 6.51. The van der Waals surface area contributed by atoms with Crippen LogP contribution in [-0.2, 0) is 0 Å². The molecule has 0 saturated heterocycles. The Morgan fingerprint density at radius 2 is 1.91 bits per heavy atom. The van der Waals surface area contributed by atoms with Gasteiger partial charge in [0.15, 0.2) is 5.69 Å². The van der Waals surface area contributed by atoms with Crippen molar-refractivity contribution < 1.29 is 13.6 Å². The van der Waals surface area contributed by atoms with Gasteiger partial charge in [0.1, 0.15) is 12.1 Å². The molecule has 0 aliphatic heterocycles. The van der Waals surface area contributed by atoms with Gasteiger partial charge in [0.25, 0.3) is 5.91 Å². The Morgan fingerprint density at radius 1 is 1.13 bits per heavy atom. The first-order valence-corrected chi connectivity index (χ1v) is 7.27. The molecular formula is C16H9Cl2FN2O2. The molecule has 3 aromatic rings. The molecule has 23 heavy (non-hydrogen) atoms. The lowest BCUT2D eigenvalue weighted by Crippen LogP contribution is -2.13. The van der Waals surface area contributed by atoms with Crippen molar-refractivity contribution in [3.8, 4) is 11.5 Å². The molecule has 0 saturated carbocycles. The topological polar surface area (TPSA) is 55.1 Å². The fraction of sp³-hybridized carbons (Fsp3) is 0. The molecule has 1 N–H and O–H groups in total. The molecule has 0 bridgehead atoms. The molecule has 7 heteroatoms. The van der Waals surface area contributed by atoms with E-state index < -0.39 is 11.7 Å². The lowest BCUT2D eigenvalue weighted by molar-refractivity contribution is 0.102. The van der Waals surface area contributed by atoms with Crippen molar-refractivity contribution in [2.75, 3.05) is 5.32 Å². The number of aromatic nitrogens is 1. The Bertz CT molecular complexity index is 880. The van der Waals surface area contributed by atoms with Crippen molar-refractivity contribution in [2.24, 2.45) is 0 Å². The zero-order valence-corrected chi connectivity index (χ0v) is 13.0. The zero-order valence-electron chi connectivity index (χ0n) is 11.5. The summed E-state index contributed by atoms with van der Waals surface area (Å²) in [6.45, 7) is 0. The zero-order chi connectivity index (χ0) is 16.4. The number of amides is 1. The number of anilines is 1. The third-order valence-corrected chi connectivity index (χ3v) is 3.76. The van der Waals surface area contributed by atoms with Gasteiger partial charge in [0.2, 0.25) is 5.89 Å². The van der Waals surface area contributed by atoms with Crippen LogP contribution in [0.1, 0.15) is 10.5 Å². The number of rotatable bonds is 3. The lowest BCUT2D eigenvalue weighted by atomic mass is 10.2. The Balaban J connectivity index is 1.82. The highest BCUT2D eigenvalue weighted by Gasteiger charge is 2.15. The molecule has 3 rings (SSSR count). The van der Waals surface area contributed by atoms with Gasteiger partial charge in [0.05, 0.1) is 15.7 Å². The highest BCUT2D eigenvalue weighted by atomic mass is 35.5. The summed E-state index contributed by atoms with van der Waals surface area (Å²) >= 11 is 11.8. The number of oxazole rings is 1. The van der Waals surface area contributed by atoms with Gasteiger partial charge in [-0.3, -0.25) is 4.79 Å². The molecule has 0 spiro atoms. The number of halogens is 3. The van der Waals surface area contributed by atoms with Crippen LogP contribution in [0.4, 0.5) is 10.1 Å². The number of para-hydroxylation sites is 1. The van der Waals surface area contributed by atoms with Gasteiger partial charge in [-0.1, -0.05) is 35.3 Å². The molecule has 4 nitrogen and oxygen atoms in total. The molecule has 1 amide bonds. The van der Waals surface area contributed by atoms with Crippen molar-refractivity contribution in [1.82, 2.24) is 4.98 Å². The SMILES string of the molecule is O=C(Nc1ccccc1F)c1coc(-c2ccc(Cl)c(Cl)c2)n1. The smallest absolute Gasteiger partial charge is 0.277 e. The van der Waals surface area contributed by atoms with Gasteiger partial charge >= 0.3 is 0 Å². The molecule has 116 valence electrons. The standard InChI is InChI=1S/C16H9Cl2FN2O2/c17-10-6-5-9(7-11(10)18)16-21-14(8-23-16)15(22)20-13-4-2-1-3-12(13)19/h1-8H,(H,20,22). The van der Waals surface area contributed by atoms with Crippen molar-refractivity contribution >= 4 is 34.8 Å². The maximum absolute atomic E-state index is 13.5. The normalized spacial score (nSPS) is 10.6. The average Bonchev–Trinajstić information content (AvgIpc) is 3.02. The van der Waals surface area contributed by atoms with Gasteiger partial charge in [0, 0.05) is 5.56 Å². The highest BCUT2D eigenvalue weighted by molar-refractivity contribution is 6.42. The number of hydrogen-bond donors (Lipinski definition) is 1. The van der Waals surface area contributed by atoms with E-state index in [9.17, 15) is 9.18 Å². The second kappa shape index (κ2) is 6.40. The fourth-order valence-corrected chi connectivity index (χ4v) is 2.19. The Kier molecular flexibility index (Phi) is 4.32. The monoisotopic (exact) mass is 350 g/mol. The number of carbonyl (C=O) groups is 1. The van der Waals surface area contributed by atoms with E-state index in [1.54, 1.807) is 24.3 Å². The summed E-state index contributed by atoms with van der Waals surface area (Å²) in [6, 6.07) is 10.7. The van der Waals surface area contributed by atoms with E-state index in [2.05, 4.69) is 10.3 Å². The lowest BCUT2D eigenvalue weighted by Gasteiger charge is -2.03. The maximum atomic E-state index is 13.5. The van der Waals surface area contributed by atoms with E-state index in [1.165, 1.54) is 24.5 Å². The van der Waals surface area contributed by atoms with Gasteiger partial charge in [-0.25, -0.2) is 9.37 Å². The first-order chi connectivity index (χ1) is 11.0. The molecule has 0 radical (unpaired) electrons. The number of benzene rings is 2. The van der Waals surface area contributed by atoms with Crippen LogP contribution in [0.15, 0.2) is 53.1 Å². The Hall–Kier alpha value is -2.37.